The molecule has 1 N–H and O–H groups in total. The maximum atomic E-state index is 12.9. The number of hydrogen-bond donors (Lipinski definition) is 1. The Bertz CT molecular complexity index is 732. The first-order valence-electron chi connectivity index (χ1n) is 9.12. The molecule has 0 aliphatic carbocycles. The lowest BCUT2D eigenvalue weighted by atomic mass is 10.2. The molecule has 0 saturated carbocycles. The molecular formula is C18H26F3N2O6P. The quantitative estimate of drug-likeness (QED) is 0.404. The summed E-state index contributed by atoms with van der Waals surface area (Å²) in [5, 5.41) is 2.28. The first kappa shape index (κ1) is 25.9. The van der Waals surface area contributed by atoms with E-state index in [0.29, 0.717) is 0 Å². The van der Waals surface area contributed by atoms with Crippen molar-refractivity contribution in [3.63, 3.8) is 0 Å². The molecule has 1 aromatic carbocycles. The summed E-state index contributed by atoms with van der Waals surface area (Å²) < 4.78 is 64.9. The number of amides is 1. The molecule has 8 nitrogen and oxygen atoms in total. The number of alkyl halides is 3. The highest BCUT2D eigenvalue weighted by Gasteiger charge is 2.36. The number of esters is 1. The summed E-state index contributed by atoms with van der Waals surface area (Å²) in [5.74, 6) is -0.788. The molecule has 12 heteroatoms. The fraction of sp³-hybridized carbons (Fsp3) is 0.556. The van der Waals surface area contributed by atoms with Crippen LogP contribution >= 0.6 is 7.52 Å². The van der Waals surface area contributed by atoms with E-state index in [9.17, 15) is 27.3 Å². The molecule has 0 radical (unpaired) electrons. The van der Waals surface area contributed by atoms with Gasteiger partial charge in [-0.05, 0) is 19.4 Å². The predicted molar refractivity (Wildman–Crippen MR) is 103 cm³/mol. The number of hydrogen-bond acceptors (Lipinski definition) is 6. The molecule has 0 heterocycles. The van der Waals surface area contributed by atoms with Crippen molar-refractivity contribution in [1.29, 1.82) is 0 Å². The lowest BCUT2D eigenvalue weighted by Gasteiger charge is -2.25. The molecular weight excluding hydrogens is 428 g/mol. The monoisotopic (exact) mass is 454 g/mol. The van der Waals surface area contributed by atoms with E-state index in [2.05, 4.69) is 9.61 Å². The molecule has 0 aliphatic rings. The third-order valence-corrected chi connectivity index (χ3v) is 5.83. The highest BCUT2D eigenvalue weighted by atomic mass is 31.2. The summed E-state index contributed by atoms with van der Waals surface area (Å²) in [4.78, 5) is 24.8. The first-order valence-corrected chi connectivity index (χ1v) is 10.9. The third kappa shape index (κ3) is 10.1. The topological polar surface area (TPSA) is 94.2 Å². The fourth-order valence-corrected chi connectivity index (χ4v) is 4.11. The number of halogens is 3. The van der Waals surface area contributed by atoms with Gasteiger partial charge < -0.3 is 18.9 Å². The van der Waals surface area contributed by atoms with Gasteiger partial charge in [0.25, 0.3) is 7.52 Å². The number of rotatable bonds is 11. The minimum Gasteiger partial charge on any atom is -0.465 e. The molecule has 2 atom stereocenters. The molecule has 1 aromatic rings. The molecule has 30 heavy (non-hydrogen) atoms. The van der Waals surface area contributed by atoms with E-state index in [-0.39, 0.29) is 19.8 Å². The van der Waals surface area contributed by atoms with Crippen molar-refractivity contribution in [3.05, 3.63) is 35.9 Å². The minimum absolute atomic E-state index is 0.00436. The molecule has 0 fully saturated rings. The number of nitrogens with one attached hydrogen (secondary N) is 1. The van der Waals surface area contributed by atoms with Crippen LogP contribution < -0.4 is 5.09 Å². The van der Waals surface area contributed by atoms with Gasteiger partial charge in [-0.25, -0.2) is 9.88 Å². The molecule has 0 aliphatic heterocycles. The summed E-state index contributed by atoms with van der Waals surface area (Å²) in [6, 6.07) is 7.70. The van der Waals surface area contributed by atoms with E-state index < -0.39 is 44.6 Å². The first-order chi connectivity index (χ1) is 14.0. The van der Waals surface area contributed by atoms with Crippen LogP contribution in [0.5, 0.6) is 0 Å². The summed E-state index contributed by atoms with van der Waals surface area (Å²) in [6.07, 6.45) is -5.94. The average Bonchev–Trinajstić information content (AvgIpc) is 2.69. The van der Waals surface area contributed by atoms with Crippen molar-refractivity contribution in [2.24, 2.45) is 0 Å². The van der Waals surface area contributed by atoms with Crippen LogP contribution in [0.2, 0.25) is 0 Å². The van der Waals surface area contributed by atoms with Crippen molar-refractivity contribution in [2.45, 2.75) is 32.7 Å². The van der Waals surface area contributed by atoms with Gasteiger partial charge in [0, 0.05) is 13.6 Å². The van der Waals surface area contributed by atoms with Crippen LogP contribution in [0.15, 0.2) is 30.3 Å². The lowest BCUT2D eigenvalue weighted by molar-refractivity contribution is -0.153. The molecule has 1 rings (SSSR count). The van der Waals surface area contributed by atoms with Crippen LogP contribution in [0.4, 0.5) is 18.0 Å². The van der Waals surface area contributed by atoms with Crippen molar-refractivity contribution in [1.82, 2.24) is 9.99 Å². The summed E-state index contributed by atoms with van der Waals surface area (Å²) >= 11 is 0. The Kier molecular flexibility index (Phi) is 10.3. The van der Waals surface area contributed by atoms with E-state index in [4.69, 9.17) is 9.47 Å². The Hall–Kier alpha value is -2.10. The van der Waals surface area contributed by atoms with Gasteiger partial charge in [0.15, 0.2) is 6.61 Å². The number of carbonyl (C=O) groups is 2. The predicted octanol–water partition coefficient (Wildman–Crippen LogP) is 3.57. The van der Waals surface area contributed by atoms with Gasteiger partial charge >= 0.3 is 18.2 Å². The molecule has 0 saturated heterocycles. The Morgan fingerprint density at radius 2 is 1.83 bits per heavy atom. The zero-order valence-electron chi connectivity index (χ0n) is 17.0. The third-order valence-electron chi connectivity index (χ3n) is 3.71. The molecule has 0 unspecified atom stereocenters. The van der Waals surface area contributed by atoms with E-state index >= 15 is 0 Å². The molecule has 0 spiro atoms. The Labute approximate surface area is 173 Å². The van der Waals surface area contributed by atoms with Crippen LogP contribution in [-0.4, -0.2) is 62.1 Å². The number of nitrogens with zero attached hydrogens (tertiary/aromatic N) is 1. The van der Waals surface area contributed by atoms with Crippen molar-refractivity contribution in [2.75, 3.05) is 33.0 Å². The zero-order chi connectivity index (χ0) is 22.8. The van der Waals surface area contributed by atoms with Gasteiger partial charge in [0.1, 0.15) is 12.6 Å². The van der Waals surface area contributed by atoms with Crippen molar-refractivity contribution >= 4 is 19.6 Å². The largest absolute Gasteiger partial charge is 0.465 e. The SMILES string of the molecule is CCOC(=O)[C@H](C)N[P@](=O)(CCN(C)C(=O)OCc1ccccc1)OCC(F)(F)F. The van der Waals surface area contributed by atoms with Crippen LogP contribution in [0.3, 0.4) is 0 Å². The molecule has 0 bridgehead atoms. The smallest absolute Gasteiger partial charge is 0.412 e. The van der Waals surface area contributed by atoms with Gasteiger partial charge in [-0.3, -0.25) is 9.36 Å². The molecule has 170 valence electrons. The second kappa shape index (κ2) is 11.9. The Morgan fingerprint density at radius 1 is 1.20 bits per heavy atom. The van der Waals surface area contributed by atoms with Crippen molar-refractivity contribution in [3.8, 4) is 0 Å². The molecule has 1 amide bonds. The van der Waals surface area contributed by atoms with Crippen LogP contribution in [0, 0.1) is 0 Å². The van der Waals surface area contributed by atoms with E-state index in [0.717, 1.165) is 10.5 Å². The summed E-state index contributed by atoms with van der Waals surface area (Å²) in [7, 11) is -2.80. The van der Waals surface area contributed by atoms with Crippen LogP contribution in [-0.2, 0) is 30.0 Å². The molecule has 0 aromatic heterocycles. The number of benzene rings is 1. The average molecular weight is 454 g/mol. The van der Waals surface area contributed by atoms with Crippen LogP contribution in [0.1, 0.15) is 19.4 Å². The second-order valence-corrected chi connectivity index (χ2v) is 8.66. The van der Waals surface area contributed by atoms with E-state index in [1.807, 2.05) is 0 Å². The Balaban J connectivity index is 2.68. The van der Waals surface area contributed by atoms with Gasteiger partial charge in [-0.2, -0.15) is 13.2 Å². The van der Waals surface area contributed by atoms with Gasteiger partial charge in [0.05, 0.1) is 12.8 Å². The van der Waals surface area contributed by atoms with E-state index in [1.165, 1.54) is 14.0 Å². The number of carbonyl (C=O) groups excluding carboxylic acids is 2. The highest BCUT2D eigenvalue weighted by Crippen LogP contribution is 2.44. The zero-order valence-corrected chi connectivity index (χ0v) is 17.9. The van der Waals surface area contributed by atoms with Crippen molar-refractivity contribution < 1.29 is 41.3 Å². The van der Waals surface area contributed by atoms with Gasteiger partial charge in [0.2, 0.25) is 0 Å². The fourth-order valence-electron chi connectivity index (χ4n) is 2.16. The standard InChI is InChI=1S/C18H26F3N2O6P/c1-4-27-16(24)14(2)22-30(26,29-13-18(19,20)21)11-10-23(3)17(25)28-12-15-8-6-5-7-9-15/h5-9,14H,4,10-13H2,1-3H3,(H,22,26)/t14-,30-/m0/s1. The maximum Gasteiger partial charge on any atom is 0.412 e. The minimum atomic E-state index is -4.72. The normalized spacial score (nSPS) is 14.5. The lowest BCUT2D eigenvalue weighted by Crippen LogP contribution is -2.37. The van der Waals surface area contributed by atoms with Gasteiger partial charge in [-0.1, -0.05) is 30.3 Å². The maximum absolute atomic E-state index is 12.9. The number of ether oxygens (including phenoxy) is 2. The Morgan fingerprint density at radius 3 is 2.40 bits per heavy atom. The van der Waals surface area contributed by atoms with E-state index in [1.54, 1.807) is 37.3 Å². The highest BCUT2D eigenvalue weighted by molar-refractivity contribution is 7.56. The van der Waals surface area contributed by atoms with Gasteiger partial charge in [-0.15, -0.1) is 0 Å². The second-order valence-electron chi connectivity index (χ2n) is 6.35. The summed E-state index contributed by atoms with van der Waals surface area (Å²) in [5.41, 5.74) is 0.753. The van der Waals surface area contributed by atoms with Crippen LogP contribution in [0.25, 0.3) is 0 Å². The summed E-state index contributed by atoms with van der Waals surface area (Å²) in [6.45, 7) is 0.902.